The van der Waals surface area contributed by atoms with Gasteiger partial charge in [-0.15, -0.1) is 0 Å². The van der Waals surface area contributed by atoms with Gasteiger partial charge in [-0.3, -0.25) is 33.6 Å². The molecule has 19 nitrogen and oxygen atoms in total. The lowest BCUT2D eigenvalue weighted by molar-refractivity contribution is -0.143. The van der Waals surface area contributed by atoms with Crippen LogP contribution in [0.15, 0.2) is 0 Å². The number of nitrogens with two attached hydrogens (primary N) is 3. The number of unbranched alkanes of at least 4 members (excludes halogenated alkanes) is 2. The van der Waals surface area contributed by atoms with Crippen LogP contribution in [0, 0.1) is 17.8 Å². The topological polar surface area (TPSA) is 319 Å². The fourth-order valence-corrected chi connectivity index (χ4v) is 5.79. The molecule has 0 saturated heterocycles. The molecule has 0 bridgehead atoms. The van der Waals surface area contributed by atoms with Crippen LogP contribution in [-0.2, 0) is 38.4 Å². The van der Waals surface area contributed by atoms with Gasteiger partial charge < -0.3 is 59.5 Å². The smallest absolute Gasteiger partial charge is 0.326 e. The van der Waals surface area contributed by atoms with Gasteiger partial charge in [0.25, 0.3) is 0 Å². The summed E-state index contributed by atoms with van der Waals surface area (Å²) < 4.78 is 0. The summed E-state index contributed by atoms with van der Waals surface area (Å²) in [6, 6.07) is -6.42. The van der Waals surface area contributed by atoms with Crippen molar-refractivity contribution in [2.45, 2.75) is 123 Å². The summed E-state index contributed by atoms with van der Waals surface area (Å²) in [5, 5.41) is 27.3. The molecule has 0 spiro atoms. The van der Waals surface area contributed by atoms with Crippen LogP contribution >= 0.6 is 11.8 Å². The van der Waals surface area contributed by atoms with Crippen LogP contribution in [0.4, 0.5) is 0 Å². The van der Waals surface area contributed by atoms with E-state index in [-0.39, 0.29) is 12.8 Å². The molecule has 56 heavy (non-hydrogen) atoms. The summed E-state index contributed by atoms with van der Waals surface area (Å²) in [5.74, 6) is -6.44. The van der Waals surface area contributed by atoms with Gasteiger partial charge in [-0.05, 0) is 87.8 Å². The fourth-order valence-electron chi connectivity index (χ4n) is 5.30. The van der Waals surface area contributed by atoms with E-state index in [9.17, 15) is 43.5 Å². The van der Waals surface area contributed by atoms with E-state index in [4.69, 9.17) is 17.2 Å². The molecule has 0 aromatic carbocycles. The summed E-state index contributed by atoms with van der Waals surface area (Å²) in [4.78, 5) is 103. The van der Waals surface area contributed by atoms with Gasteiger partial charge in [-0.1, -0.05) is 41.5 Å². The van der Waals surface area contributed by atoms with Gasteiger partial charge >= 0.3 is 5.97 Å². The molecule has 0 aromatic heterocycles. The number of aliphatic carboxylic acids is 1. The van der Waals surface area contributed by atoms with Crippen molar-refractivity contribution in [3.05, 3.63) is 0 Å². The molecule has 0 aliphatic heterocycles. The molecular formula is C36H68N10O9S. The van der Waals surface area contributed by atoms with Crippen molar-refractivity contribution in [2.24, 2.45) is 35.0 Å². The van der Waals surface area contributed by atoms with Crippen molar-refractivity contribution < 1.29 is 43.5 Å². The lowest BCUT2D eigenvalue weighted by Gasteiger charge is -2.29. The van der Waals surface area contributed by atoms with Crippen LogP contribution in [0.25, 0.3) is 0 Å². The predicted octanol–water partition coefficient (Wildman–Crippen LogP) is -1.97. The molecule has 14 N–H and O–H groups in total. The monoisotopic (exact) mass is 816 g/mol. The second-order valence-electron chi connectivity index (χ2n) is 14.7. The summed E-state index contributed by atoms with van der Waals surface area (Å²) in [6.45, 7) is 9.74. The highest BCUT2D eigenvalue weighted by Crippen LogP contribution is 2.10. The molecule has 0 saturated carbocycles. The zero-order chi connectivity index (χ0) is 43.0. The Bertz CT molecular complexity index is 1290. The van der Waals surface area contributed by atoms with Crippen LogP contribution in [0.2, 0.25) is 0 Å². The van der Waals surface area contributed by atoms with Crippen LogP contribution in [0.3, 0.4) is 0 Å². The zero-order valence-electron chi connectivity index (χ0n) is 34.0. The molecule has 0 radical (unpaired) electrons. The summed E-state index contributed by atoms with van der Waals surface area (Å²) in [5.41, 5.74) is 17.2. The number of carboxylic acid groups (broad SMARTS) is 1. The Hall–Kier alpha value is -4.01. The molecule has 0 aliphatic carbocycles. The first-order chi connectivity index (χ1) is 26.3. The van der Waals surface area contributed by atoms with Crippen molar-refractivity contribution in [2.75, 3.05) is 38.2 Å². The number of carbonyl (C=O) groups is 8. The van der Waals surface area contributed by atoms with Gasteiger partial charge in [0.15, 0.2) is 0 Å². The highest BCUT2D eigenvalue weighted by Gasteiger charge is 2.33. The lowest BCUT2D eigenvalue weighted by atomic mass is 9.99. The molecule has 322 valence electrons. The van der Waals surface area contributed by atoms with Crippen LogP contribution in [0.1, 0.15) is 86.5 Å². The van der Waals surface area contributed by atoms with Gasteiger partial charge in [0, 0.05) is 0 Å². The van der Waals surface area contributed by atoms with Gasteiger partial charge in [0.1, 0.15) is 30.2 Å². The van der Waals surface area contributed by atoms with Crippen LogP contribution < -0.4 is 54.4 Å². The zero-order valence-corrected chi connectivity index (χ0v) is 34.9. The average Bonchev–Trinajstić information content (AvgIpc) is 3.13. The van der Waals surface area contributed by atoms with E-state index >= 15 is 0 Å². The highest BCUT2D eigenvalue weighted by molar-refractivity contribution is 7.98. The molecule has 0 aromatic rings. The Morgan fingerprint density at radius 3 is 1.39 bits per heavy atom. The molecule has 0 aliphatic rings. The van der Waals surface area contributed by atoms with E-state index in [1.807, 2.05) is 6.26 Å². The number of amides is 7. The van der Waals surface area contributed by atoms with Crippen molar-refractivity contribution in [1.82, 2.24) is 37.2 Å². The third kappa shape index (κ3) is 20.8. The summed E-state index contributed by atoms with van der Waals surface area (Å²) in [6.07, 6.45) is 4.70. The largest absolute Gasteiger partial charge is 0.480 e. The SMILES string of the molecule is CSCC[C@H](N)C(=O)NCC(=O)N[C@@H](CCCCN)C(=O)N[C@H](C(=O)N[C@@H](CCCCN)C(=O)N[C@H](C(=O)NCC(=O)N[C@H](C(=O)O)C(C)C)C(C)C)C(C)C. The number of nitrogens with one attached hydrogen (secondary N) is 7. The van der Waals surface area contributed by atoms with Crippen LogP contribution in [0.5, 0.6) is 0 Å². The Morgan fingerprint density at radius 1 is 0.536 bits per heavy atom. The molecular weight excluding hydrogens is 749 g/mol. The van der Waals surface area contributed by atoms with Crippen molar-refractivity contribution >= 4 is 59.1 Å². The average molecular weight is 817 g/mol. The van der Waals surface area contributed by atoms with E-state index in [0.717, 1.165) is 0 Å². The molecule has 0 rings (SSSR count). The Labute approximate surface area is 335 Å². The predicted molar refractivity (Wildman–Crippen MR) is 215 cm³/mol. The van der Waals surface area contributed by atoms with E-state index in [2.05, 4.69) is 37.2 Å². The molecule has 0 unspecified atom stereocenters. The number of thioether (sulfide) groups is 1. The fraction of sp³-hybridized carbons (Fsp3) is 0.778. The highest BCUT2D eigenvalue weighted by atomic mass is 32.2. The second-order valence-corrected chi connectivity index (χ2v) is 15.6. The lowest BCUT2D eigenvalue weighted by Crippen LogP contribution is -2.60. The van der Waals surface area contributed by atoms with Crippen molar-refractivity contribution in [3.8, 4) is 0 Å². The molecule has 0 heterocycles. The number of carboxylic acids is 1. The maximum Gasteiger partial charge on any atom is 0.326 e. The number of hydrogen-bond acceptors (Lipinski definition) is 12. The van der Waals surface area contributed by atoms with Gasteiger partial charge in [0.05, 0.1) is 19.1 Å². The first-order valence-corrected chi connectivity index (χ1v) is 20.6. The first-order valence-electron chi connectivity index (χ1n) is 19.2. The van der Waals surface area contributed by atoms with Crippen molar-refractivity contribution in [1.29, 1.82) is 0 Å². The minimum Gasteiger partial charge on any atom is -0.480 e. The molecule has 0 fully saturated rings. The van der Waals surface area contributed by atoms with Crippen LogP contribution in [-0.4, -0.2) is 127 Å². The third-order valence-corrected chi connectivity index (χ3v) is 9.38. The molecule has 7 amide bonds. The van der Waals surface area contributed by atoms with E-state index in [0.29, 0.717) is 50.9 Å². The minimum absolute atomic E-state index is 0.151. The van der Waals surface area contributed by atoms with Gasteiger partial charge in [-0.25, -0.2) is 4.79 Å². The Morgan fingerprint density at radius 2 is 0.964 bits per heavy atom. The Kier molecular flexibility index (Phi) is 26.4. The number of carbonyl (C=O) groups excluding carboxylic acids is 7. The third-order valence-electron chi connectivity index (χ3n) is 8.74. The number of rotatable bonds is 29. The van der Waals surface area contributed by atoms with Gasteiger partial charge in [0.2, 0.25) is 41.4 Å². The quantitative estimate of drug-likeness (QED) is 0.0366. The summed E-state index contributed by atoms with van der Waals surface area (Å²) >= 11 is 1.53. The van der Waals surface area contributed by atoms with E-state index < -0.39 is 114 Å². The maximum absolute atomic E-state index is 13.7. The van der Waals surface area contributed by atoms with E-state index in [1.165, 1.54) is 11.8 Å². The molecule has 6 atom stereocenters. The van der Waals surface area contributed by atoms with E-state index in [1.54, 1.807) is 41.5 Å². The minimum atomic E-state index is -1.22. The Balaban J connectivity index is 5.89. The van der Waals surface area contributed by atoms with Gasteiger partial charge in [-0.2, -0.15) is 11.8 Å². The standard InChI is InChI=1S/C36H68N10O9S/c1-20(2)28(34(52)41-19-27(48)44-30(22(5)6)36(54)55)45-33(51)25(13-9-11-16-38)43-35(53)29(21(3)4)46-32(50)24(12-8-10-15-37)42-26(47)18-40-31(49)23(39)14-17-56-7/h20-25,28-30H,8-19,37-39H2,1-7H3,(H,40,49)(H,41,52)(H,42,47)(H,43,53)(H,44,48)(H,45,51)(H,46,50)(H,54,55)/t23-,24-,25-,28-,29-,30-/m0/s1. The number of hydrogen-bond donors (Lipinski definition) is 11. The molecule has 20 heteroatoms. The van der Waals surface area contributed by atoms with Crippen molar-refractivity contribution in [3.63, 3.8) is 0 Å². The first kappa shape index (κ1) is 52.0. The summed E-state index contributed by atoms with van der Waals surface area (Å²) in [7, 11) is 0. The normalized spacial score (nSPS) is 14.4. The second kappa shape index (κ2) is 28.4. The maximum atomic E-state index is 13.7.